The van der Waals surface area contributed by atoms with E-state index in [4.69, 9.17) is 29.9 Å². The van der Waals surface area contributed by atoms with Gasteiger partial charge in [-0.1, -0.05) is 52.0 Å². The van der Waals surface area contributed by atoms with E-state index in [0.29, 0.717) is 44.5 Å². The Kier molecular flexibility index (Phi) is 62.6. The van der Waals surface area contributed by atoms with Crippen molar-refractivity contribution in [2.75, 3.05) is 0 Å². The summed E-state index contributed by atoms with van der Waals surface area (Å²) in [4.78, 5) is 33.5. The van der Waals surface area contributed by atoms with Crippen molar-refractivity contribution in [3.63, 3.8) is 0 Å². The molecule has 0 fully saturated rings. The van der Waals surface area contributed by atoms with Crippen LogP contribution in [-0.4, -0.2) is 29.9 Å². The van der Waals surface area contributed by atoms with E-state index in [1.54, 1.807) is 0 Å². The molecule has 0 amide bonds. The van der Waals surface area contributed by atoms with Crippen LogP contribution in [0.15, 0.2) is 109 Å². The number of rotatable bonds is 6. The minimum atomic E-state index is 0. The van der Waals surface area contributed by atoms with Crippen molar-refractivity contribution in [3.05, 3.63) is 178 Å². The Balaban J connectivity index is -0.000000630. The van der Waals surface area contributed by atoms with Gasteiger partial charge in [-0.15, -0.1) is 22.3 Å². The second kappa shape index (κ2) is 48.0. The van der Waals surface area contributed by atoms with Crippen LogP contribution in [0.1, 0.15) is 44.5 Å². The molecule has 0 aliphatic heterocycles. The van der Waals surface area contributed by atoms with Crippen LogP contribution in [0, 0.1) is 79.7 Å². The Labute approximate surface area is 864 Å². The summed E-state index contributed by atoms with van der Waals surface area (Å²) in [5.41, 5.74) is 22.1. The van der Waals surface area contributed by atoms with Gasteiger partial charge in [0.2, 0.25) is 0 Å². The van der Waals surface area contributed by atoms with Gasteiger partial charge in [-0.3, -0.25) is 19.9 Å². The number of hydrogen-bond donors (Lipinski definition) is 0. The summed E-state index contributed by atoms with van der Waals surface area (Å²) >= 11 is 0. The van der Waals surface area contributed by atoms with E-state index in [0.717, 1.165) is 89.5 Å². The SMILES string of the molecule is Cc1[c-]cc(-c2nc3c(nc2-c2c[c-]c(C)cc2)c2nc(-c4ccc(C)c(C)c4)c(-c4c[c-]c(C)cc4)nc2c2nc(-c4c[c-]c(C)cc4)c(-c4ccc(C)c(C)c4)nc32)cc1.[Y].[Y].[Y].[Y].[Y].[Y].[Y].[Y].[Y].[Y].[Y].[Y].[Y].[Y].[Y].[Y]. The van der Waals surface area contributed by atoms with Crippen LogP contribution in [0.2, 0.25) is 0 Å². The van der Waals surface area contributed by atoms with Crippen molar-refractivity contribution in [3.8, 4) is 67.5 Å². The van der Waals surface area contributed by atoms with Gasteiger partial charge in [-0.25, -0.2) is 9.97 Å². The number of aromatic nitrogens is 6. The van der Waals surface area contributed by atoms with Gasteiger partial charge in [0.25, 0.3) is 0 Å². The first-order chi connectivity index (χ1) is 30.0. The summed E-state index contributed by atoms with van der Waals surface area (Å²) < 4.78 is 0. The Hall–Kier alpha value is 10.2. The fourth-order valence-corrected chi connectivity index (χ4v) is 7.88. The molecule has 0 atom stereocenters. The van der Waals surface area contributed by atoms with Crippen molar-refractivity contribution in [1.29, 1.82) is 0 Å². The molecule has 6 nitrogen and oxygen atoms in total. The average Bonchev–Trinajstić information content (AvgIpc) is 3.28. The third-order valence-electron chi connectivity index (χ3n) is 11.9. The van der Waals surface area contributed by atoms with E-state index < -0.39 is 0 Å². The average molecular weight is 2220 g/mol. The number of hydrogen-bond acceptors (Lipinski definition) is 6. The second-order valence-electron chi connectivity index (χ2n) is 16.5. The molecule has 3 heterocycles. The minimum Gasteiger partial charge on any atom is -0.256 e. The number of nitrogens with zero attached hydrogens (tertiary/aromatic N) is 6. The molecule has 0 aliphatic carbocycles. The molecule has 0 spiro atoms. The second-order valence-corrected chi connectivity index (χ2v) is 16.5. The van der Waals surface area contributed by atoms with E-state index in [1.165, 1.54) is 11.1 Å². The fourth-order valence-electron chi connectivity index (χ4n) is 7.88. The van der Waals surface area contributed by atoms with Gasteiger partial charge in [0, 0.05) is 557 Å². The maximum atomic E-state index is 5.61. The zero-order chi connectivity index (χ0) is 42.8. The van der Waals surface area contributed by atoms with Crippen LogP contribution in [0.5, 0.6) is 0 Å². The Morgan fingerprint density at radius 2 is 0.397 bits per heavy atom. The molecule has 22 heteroatoms. The predicted molar refractivity (Wildman–Crippen MR) is 252 cm³/mol. The summed E-state index contributed by atoms with van der Waals surface area (Å²) in [5.74, 6) is 0. The standard InChI is InChI=1S/C56H42N6.16Y/c1-31-9-19-39(20-10-31)45-46(40-21-11-32(2)12-22-40)58-52-51(57-45)55-53(59-47(41-23-13-33(3)14-24-41)49(61-55)43-27-17-35(5)37(7)29-43)54-56(52)62-50(44-28-18-36(6)38(8)30-44)48(60-54)42-25-15-34(4)16-26-42;;;;;;;;;;;;;;;;/h9,11,13,15,17-30H,1-8H3;;;;;;;;;;;;;;;;/q-4;;;;;;;;;;;;;;;;. The van der Waals surface area contributed by atoms with Crippen LogP contribution >= 0.6 is 0 Å². The molecule has 3 aromatic heterocycles. The maximum Gasteiger partial charge on any atom is 0.120 e. The van der Waals surface area contributed by atoms with E-state index in [1.807, 2.05) is 52.0 Å². The fraction of sp³-hybridized carbons (Fsp3) is 0.143. The summed E-state index contributed by atoms with van der Waals surface area (Å²) in [6, 6.07) is 51.0. The maximum absolute atomic E-state index is 5.61. The molecule has 0 saturated carbocycles. The minimum absolute atomic E-state index is 0. The molecule has 0 N–H and O–H groups in total. The van der Waals surface area contributed by atoms with Gasteiger partial charge in [0.1, 0.15) is 33.1 Å². The normalized spacial score (nSPS) is 9.18. The quantitative estimate of drug-likeness (QED) is 0.122. The van der Waals surface area contributed by atoms with Crippen molar-refractivity contribution in [1.82, 2.24) is 29.9 Å². The molecule has 16 radical (unpaired) electrons. The molecule has 10 rings (SSSR count). The van der Waals surface area contributed by atoms with E-state index in [2.05, 4.69) is 137 Å². The molecule has 0 bridgehead atoms. The zero-order valence-corrected chi connectivity index (χ0v) is 90.7. The van der Waals surface area contributed by atoms with Crippen molar-refractivity contribution >= 4 is 33.1 Å². The molecule has 0 saturated heterocycles. The van der Waals surface area contributed by atoms with Gasteiger partial charge < -0.3 is 0 Å². The summed E-state index contributed by atoms with van der Waals surface area (Å²) in [6.45, 7) is 16.6. The van der Waals surface area contributed by atoms with Gasteiger partial charge in [-0.2, -0.15) is 119 Å². The topological polar surface area (TPSA) is 77.3 Å². The Bertz CT molecular complexity index is 3200. The predicted octanol–water partition coefficient (Wildman–Crippen LogP) is 13.1. The monoisotopic (exact) mass is 2220 g/mol. The Morgan fingerprint density at radius 1 is 0.218 bits per heavy atom. The first kappa shape index (κ1) is 102. The summed E-state index contributed by atoms with van der Waals surface area (Å²) in [7, 11) is 0. The van der Waals surface area contributed by atoms with Gasteiger partial charge >= 0.3 is 0 Å². The third kappa shape index (κ3) is 24.4. The molecule has 10 aromatic rings. The zero-order valence-electron chi connectivity index (χ0n) is 45.3. The van der Waals surface area contributed by atoms with Crippen molar-refractivity contribution < 1.29 is 523 Å². The summed E-state index contributed by atoms with van der Waals surface area (Å²) in [5, 5.41) is 0. The van der Waals surface area contributed by atoms with Crippen LogP contribution in [0.25, 0.3) is 101 Å². The van der Waals surface area contributed by atoms with E-state index in [9.17, 15) is 0 Å². The van der Waals surface area contributed by atoms with Gasteiger partial charge in [0.15, 0.2) is 0 Å². The van der Waals surface area contributed by atoms with E-state index >= 15 is 0 Å². The molecule has 0 unspecified atom stereocenters. The van der Waals surface area contributed by atoms with E-state index in [-0.39, 0.29) is 523 Å². The number of fused-ring (bicyclic) bond motifs is 6. The molecule has 7 aromatic carbocycles. The van der Waals surface area contributed by atoms with Gasteiger partial charge in [-0.05, 0) is 62.1 Å². The summed E-state index contributed by atoms with van der Waals surface area (Å²) in [6.07, 6.45) is 0. The van der Waals surface area contributed by atoms with Crippen molar-refractivity contribution in [2.45, 2.75) is 55.4 Å². The molecule has 348 valence electrons. The van der Waals surface area contributed by atoms with Crippen LogP contribution < -0.4 is 0 Å². The van der Waals surface area contributed by atoms with Crippen LogP contribution in [0.3, 0.4) is 0 Å². The van der Waals surface area contributed by atoms with Gasteiger partial charge in [0.05, 0.1) is 11.4 Å². The number of benzene rings is 7. The molecular formula is C56H42N6Y16-4. The van der Waals surface area contributed by atoms with Crippen molar-refractivity contribution in [2.24, 2.45) is 0 Å². The smallest absolute Gasteiger partial charge is 0.120 e. The van der Waals surface area contributed by atoms with Crippen LogP contribution in [-0.2, 0) is 523 Å². The third-order valence-corrected chi connectivity index (χ3v) is 11.9. The largest absolute Gasteiger partial charge is 0.256 e. The molecule has 0 aliphatic rings. The molecule has 78 heavy (non-hydrogen) atoms. The molecular weight excluding hydrogens is 2180 g/mol. The first-order valence-corrected chi connectivity index (χ1v) is 20.9. The first-order valence-electron chi connectivity index (χ1n) is 20.9. The van der Waals surface area contributed by atoms with Crippen LogP contribution in [0.4, 0.5) is 0 Å². The number of aryl methyl sites for hydroxylation is 8. The Morgan fingerprint density at radius 3 is 0.564 bits per heavy atom.